The summed E-state index contributed by atoms with van der Waals surface area (Å²) in [6, 6.07) is 7.41. The fraction of sp³-hybridized carbons (Fsp3) is 0.611. The van der Waals surface area contributed by atoms with Crippen LogP contribution in [0.3, 0.4) is 0 Å². The van der Waals surface area contributed by atoms with Crippen molar-refractivity contribution in [3.63, 3.8) is 0 Å². The fourth-order valence-corrected chi connectivity index (χ4v) is 7.79. The first kappa shape index (κ1) is 32.1. The summed E-state index contributed by atoms with van der Waals surface area (Å²) in [5, 5.41) is 3.56. The predicted octanol–water partition coefficient (Wildman–Crippen LogP) is 5.20. The third-order valence-corrected chi connectivity index (χ3v) is 10.5. The van der Waals surface area contributed by atoms with E-state index in [0.717, 1.165) is 75.0 Å². The number of carbonyl (C=O) groups is 1. The lowest BCUT2D eigenvalue weighted by Gasteiger charge is -2.53. The molecule has 1 atom stereocenters. The highest BCUT2D eigenvalue weighted by Gasteiger charge is 2.45. The standard InChI is InChI=1S/C36H51FN6O2/c1-7-42(25(4)5)35(44)32-16-29(37)10-11-30(32)31-15-27(20-43-26(6)39-17-34(31)43)28-18-40(19-28)33(24(2)3)9-8-13-41-14-12-38-21-36(41)22-45-23-36/h10-11,15-17,20,24-25,28,33,38H,7-9,12-14,18-19,21-23H2,1-6H3/t33-/m1/s1. The minimum atomic E-state index is -0.402. The number of pyridine rings is 1. The maximum Gasteiger partial charge on any atom is 0.254 e. The largest absolute Gasteiger partial charge is 0.377 e. The van der Waals surface area contributed by atoms with E-state index in [-0.39, 0.29) is 17.5 Å². The van der Waals surface area contributed by atoms with Crippen LogP contribution >= 0.6 is 0 Å². The molecule has 3 saturated heterocycles. The Kier molecular flexibility index (Phi) is 9.35. The van der Waals surface area contributed by atoms with Crippen molar-refractivity contribution in [2.45, 2.75) is 77.9 Å². The lowest BCUT2D eigenvalue weighted by molar-refractivity contribution is -0.148. The van der Waals surface area contributed by atoms with Gasteiger partial charge in [0.05, 0.1) is 36.0 Å². The van der Waals surface area contributed by atoms with Crippen molar-refractivity contribution in [3.05, 3.63) is 59.4 Å². The molecule has 8 nitrogen and oxygen atoms in total. The number of likely N-dealkylation sites (tertiary alicyclic amines) is 1. The maximum atomic E-state index is 14.6. The number of aryl methyl sites for hydroxylation is 1. The van der Waals surface area contributed by atoms with Gasteiger partial charge in [0, 0.05) is 69.0 Å². The summed E-state index contributed by atoms with van der Waals surface area (Å²) in [7, 11) is 0. The third kappa shape index (κ3) is 6.16. The number of aromatic nitrogens is 2. The summed E-state index contributed by atoms with van der Waals surface area (Å²) < 4.78 is 22.4. The van der Waals surface area contributed by atoms with Crippen LogP contribution < -0.4 is 5.32 Å². The van der Waals surface area contributed by atoms with Crippen LogP contribution in [0.1, 0.15) is 75.1 Å². The summed E-state index contributed by atoms with van der Waals surface area (Å²) in [5.74, 6) is 1.33. The molecule has 6 rings (SSSR count). The van der Waals surface area contributed by atoms with Gasteiger partial charge in [0.2, 0.25) is 0 Å². The third-order valence-electron chi connectivity index (χ3n) is 10.5. The Bertz CT molecular complexity index is 1510. The molecule has 0 unspecified atom stereocenters. The molecule has 2 aromatic heterocycles. The molecule has 0 aliphatic carbocycles. The Hall–Kier alpha value is -2.85. The van der Waals surface area contributed by atoms with Crippen molar-refractivity contribution >= 4 is 11.4 Å². The number of nitrogens with one attached hydrogen (secondary N) is 1. The van der Waals surface area contributed by atoms with Gasteiger partial charge >= 0.3 is 0 Å². The van der Waals surface area contributed by atoms with E-state index in [1.807, 2.05) is 33.9 Å². The zero-order valence-corrected chi connectivity index (χ0v) is 28.0. The van der Waals surface area contributed by atoms with E-state index in [4.69, 9.17) is 4.74 Å². The summed E-state index contributed by atoms with van der Waals surface area (Å²) in [5.41, 5.74) is 4.48. The normalized spacial score (nSPS) is 19.8. The number of piperazine rings is 1. The Morgan fingerprint density at radius 1 is 1.18 bits per heavy atom. The van der Waals surface area contributed by atoms with Gasteiger partial charge in [-0.2, -0.15) is 0 Å². The number of nitrogens with zero attached hydrogens (tertiary/aromatic N) is 5. The molecule has 5 heterocycles. The van der Waals surface area contributed by atoms with Crippen molar-refractivity contribution in [2.24, 2.45) is 5.92 Å². The smallest absolute Gasteiger partial charge is 0.254 e. The molecule has 0 saturated carbocycles. The molecule has 3 fully saturated rings. The number of ether oxygens (including phenoxy) is 1. The van der Waals surface area contributed by atoms with Crippen molar-refractivity contribution in [1.29, 1.82) is 0 Å². The van der Waals surface area contributed by atoms with Crippen LogP contribution in [0.5, 0.6) is 0 Å². The maximum absolute atomic E-state index is 14.6. The average Bonchev–Trinajstić information content (AvgIpc) is 3.35. The first-order chi connectivity index (χ1) is 21.6. The fourth-order valence-electron chi connectivity index (χ4n) is 7.79. The van der Waals surface area contributed by atoms with Crippen LogP contribution in [0.15, 0.2) is 36.7 Å². The second-order valence-electron chi connectivity index (χ2n) is 14.1. The van der Waals surface area contributed by atoms with E-state index in [9.17, 15) is 9.18 Å². The van der Waals surface area contributed by atoms with Gasteiger partial charge in [-0.15, -0.1) is 0 Å². The van der Waals surface area contributed by atoms with Crippen molar-refractivity contribution in [1.82, 2.24) is 29.4 Å². The zero-order valence-electron chi connectivity index (χ0n) is 28.0. The van der Waals surface area contributed by atoms with Gasteiger partial charge in [-0.25, -0.2) is 9.37 Å². The van der Waals surface area contributed by atoms with Gasteiger partial charge in [0.25, 0.3) is 5.91 Å². The molecule has 244 valence electrons. The molecule has 3 aliphatic rings. The first-order valence-electron chi connectivity index (χ1n) is 17.0. The SMILES string of the molecule is CCN(C(=O)c1cc(F)ccc1-c1cc(C2CN([C@H](CCCN3CCNCC34COC4)C(C)C)C2)cn2c(C)ncc12)C(C)C. The Balaban J connectivity index is 1.21. The molecule has 0 bridgehead atoms. The number of benzene rings is 1. The van der Waals surface area contributed by atoms with E-state index < -0.39 is 5.82 Å². The summed E-state index contributed by atoms with van der Waals surface area (Å²) in [6.07, 6.45) is 6.48. The second kappa shape index (κ2) is 13.1. The first-order valence-corrected chi connectivity index (χ1v) is 17.0. The topological polar surface area (TPSA) is 65.4 Å². The van der Waals surface area contributed by atoms with E-state index in [1.165, 1.54) is 30.5 Å². The molecular formula is C36H51FN6O2. The molecule has 1 spiro atoms. The number of amides is 1. The van der Waals surface area contributed by atoms with Gasteiger partial charge in [-0.3, -0.25) is 14.6 Å². The number of carbonyl (C=O) groups excluding carboxylic acids is 1. The lowest BCUT2D eigenvalue weighted by Crippen LogP contribution is -2.71. The molecule has 9 heteroatoms. The number of hydrogen-bond donors (Lipinski definition) is 1. The molecule has 1 N–H and O–H groups in total. The lowest BCUT2D eigenvalue weighted by atomic mass is 9.85. The number of hydrogen-bond acceptors (Lipinski definition) is 6. The van der Waals surface area contributed by atoms with Crippen LogP contribution in [0, 0.1) is 18.7 Å². The van der Waals surface area contributed by atoms with Gasteiger partial charge in [-0.1, -0.05) is 19.9 Å². The number of halogens is 1. The zero-order chi connectivity index (χ0) is 31.9. The Morgan fingerprint density at radius 2 is 1.96 bits per heavy atom. The van der Waals surface area contributed by atoms with E-state index >= 15 is 0 Å². The molecule has 0 radical (unpaired) electrons. The van der Waals surface area contributed by atoms with Crippen molar-refractivity contribution < 1.29 is 13.9 Å². The Labute approximate surface area is 267 Å². The van der Waals surface area contributed by atoms with Crippen LogP contribution in [0.25, 0.3) is 16.6 Å². The Morgan fingerprint density at radius 3 is 2.62 bits per heavy atom. The molecule has 45 heavy (non-hydrogen) atoms. The minimum Gasteiger partial charge on any atom is -0.377 e. The van der Waals surface area contributed by atoms with Crippen LogP contribution in [0.4, 0.5) is 4.39 Å². The monoisotopic (exact) mass is 618 g/mol. The van der Waals surface area contributed by atoms with Gasteiger partial charge in [0.1, 0.15) is 11.6 Å². The van der Waals surface area contributed by atoms with E-state index in [0.29, 0.717) is 30.0 Å². The summed E-state index contributed by atoms with van der Waals surface area (Å²) >= 11 is 0. The highest BCUT2D eigenvalue weighted by Crippen LogP contribution is 2.37. The second-order valence-corrected chi connectivity index (χ2v) is 14.1. The van der Waals surface area contributed by atoms with Gasteiger partial charge < -0.3 is 19.4 Å². The highest BCUT2D eigenvalue weighted by atomic mass is 19.1. The van der Waals surface area contributed by atoms with E-state index in [1.54, 1.807) is 11.0 Å². The van der Waals surface area contributed by atoms with Crippen LogP contribution in [-0.4, -0.2) is 107 Å². The predicted molar refractivity (Wildman–Crippen MR) is 177 cm³/mol. The number of fused-ring (bicyclic) bond motifs is 1. The van der Waals surface area contributed by atoms with Crippen LogP contribution in [-0.2, 0) is 4.74 Å². The van der Waals surface area contributed by atoms with Gasteiger partial charge in [-0.05, 0) is 82.3 Å². The van der Waals surface area contributed by atoms with E-state index in [2.05, 4.69) is 50.6 Å². The van der Waals surface area contributed by atoms with Crippen molar-refractivity contribution in [3.8, 4) is 11.1 Å². The number of imidazole rings is 1. The molecule has 1 amide bonds. The molecule has 1 aromatic carbocycles. The average molecular weight is 619 g/mol. The molecular weight excluding hydrogens is 567 g/mol. The summed E-state index contributed by atoms with van der Waals surface area (Å²) in [4.78, 5) is 25.5. The molecule has 3 aromatic rings. The van der Waals surface area contributed by atoms with Crippen molar-refractivity contribution in [2.75, 3.05) is 59.0 Å². The summed E-state index contributed by atoms with van der Waals surface area (Å²) in [6.45, 7) is 21.3. The molecule has 3 aliphatic heterocycles. The number of rotatable bonds is 11. The van der Waals surface area contributed by atoms with Crippen LogP contribution in [0.2, 0.25) is 0 Å². The minimum absolute atomic E-state index is 0.0160. The quantitative estimate of drug-likeness (QED) is 0.319. The van der Waals surface area contributed by atoms with Gasteiger partial charge in [0.15, 0.2) is 0 Å². The highest BCUT2D eigenvalue weighted by molar-refractivity contribution is 6.03.